The van der Waals surface area contributed by atoms with Gasteiger partial charge in [0.1, 0.15) is 29.5 Å². The summed E-state index contributed by atoms with van der Waals surface area (Å²) in [5, 5.41) is 29.2. The first-order valence-electron chi connectivity index (χ1n) is 5.54. The Morgan fingerprint density at radius 1 is 1.67 bits per heavy atom. The summed E-state index contributed by atoms with van der Waals surface area (Å²) in [4.78, 5) is 5.42. The second-order valence-corrected chi connectivity index (χ2v) is 4.56. The molecular weight excluding hydrogens is 238 g/mol. The molecule has 4 atom stereocenters. The highest BCUT2D eigenvalue weighted by Gasteiger charge is 2.54. The van der Waals surface area contributed by atoms with Crippen LogP contribution in [0.3, 0.4) is 0 Å². The normalized spacial score (nSPS) is 40.2. The first-order chi connectivity index (χ1) is 8.37. The van der Waals surface area contributed by atoms with E-state index in [9.17, 15) is 10.2 Å². The van der Waals surface area contributed by atoms with Crippen LogP contribution in [0.5, 0.6) is 0 Å². The number of nitrogens with two attached hydrogens (primary N) is 1. The zero-order valence-electron chi connectivity index (χ0n) is 10.0. The van der Waals surface area contributed by atoms with E-state index in [-0.39, 0.29) is 6.61 Å². The van der Waals surface area contributed by atoms with E-state index in [2.05, 4.69) is 11.6 Å². The molecule has 0 aromatic heterocycles. The van der Waals surface area contributed by atoms with Gasteiger partial charge in [-0.05, 0) is 13.0 Å². The van der Waals surface area contributed by atoms with E-state index >= 15 is 0 Å². The van der Waals surface area contributed by atoms with Crippen molar-refractivity contribution in [1.29, 1.82) is 0 Å². The fourth-order valence-electron chi connectivity index (χ4n) is 2.09. The SMILES string of the molecule is C=C1N=C(N)C=CN1C1OC(CO)[C@@H](O)C1(C)O. The number of aliphatic hydroxyl groups is 3. The predicted molar refractivity (Wildman–Crippen MR) is 64.1 cm³/mol. The van der Waals surface area contributed by atoms with Crippen LogP contribution < -0.4 is 5.73 Å². The predicted octanol–water partition coefficient (Wildman–Crippen LogP) is -1.53. The Hall–Kier alpha value is -1.41. The van der Waals surface area contributed by atoms with E-state index in [1.807, 2.05) is 0 Å². The van der Waals surface area contributed by atoms with Gasteiger partial charge in [0.25, 0.3) is 0 Å². The van der Waals surface area contributed by atoms with Gasteiger partial charge in [0.2, 0.25) is 0 Å². The van der Waals surface area contributed by atoms with Gasteiger partial charge in [-0.3, -0.25) is 0 Å². The van der Waals surface area contributed by atoms with Crippen LogP contribution in [-0.4, -0.2) is 56.7 Å². The van der Waals surface area contributed by atoms with Gasteiger partial charge >= 0.3 is 0 Å². The average molecular weight is 255 g/mol. The number of rotatable bonds is 2. The maximum atomic E-state index is 10.3. The molecule has 0 amide bonds. The summed E-state index contributed by atoms with van der Waals surface area (Å²) in [6.45, 7) is 4.75. The van der Waals surface area contributed by atoms with Gasteiger partial charge in [-0.15, -0.1) is 0 Å². The van der Waals surface area contributed by atoms with Crippen LogP contribution in [0.1, 0.15) is 6.92 Å². The molecule has 0 spiro atoms. The maximum Gasteiger partial charge on any atom is 0.167 e. The number of hydrogen-bond donors (Lipinski definition) is 4. The Labute approximate surface area is 104 Å². The summed E-state index contributed by atoms with van der Waals surface area (Å²) in [5.41, 5.74) is 3.96. The fraction of sp³-hybridized carbons (Fsp3) is 0.545. The first-order valence-corrected chi connectivity index (χ1v) is 5.54. The zero-order chi connectivity index (χ0) is 13.5. The Morgan fingerprint density at radius 2 is 2.33 bits per heavy atom. The van der Waals surface area contributed by atoms with Crippen molar-refractivity contribution in [1.82, 2.24) is 4.90 Å². The molecule has 2 aliphatic heterocycles. The summed E-state index contributed by atoms with van der Waals surface area (Å²) in [6.07, 6.45) is 0.167. The van der Waals surface area contributed by atoms with Gasteiger partial charge in [0.15, 0.2) is 6.23 Å². The Balaban J connectivity index is 2.25. The van der Waals surface area contributed by atoms with Crippen molar-refractivity contribution < 1.29 is 20.1 Å². The minimum atomic E-state index is -1.55. The molecule has 7 heteroatoms. The van der Waals surface area contributed by atoms with E-state index in [1.54, 1.807) is 6.20 Å². The van der Waals surface area contributed by atoms with Crippen molar-refractivity contribution in [2.24, 2.45) is 10.7 Å². The van der Waals surface area contributed by atoms with Crippen LogP contribution in [0.25, 0.3) is 0 Å². The highest BCUT2D eigenvalue weighted by atomic mass is 16.6. The third kappa shape index (κ3) is 1.91. The summed E-state index contributed by atoms with van der Waals surface area (Å²) >= 11 is 0. The number of aliphatic imine (C=N–C) groups is 1. The second-order valence-electron chi connectivity index (χ2n) is 4.56. The molecule has 18 heavy (non-hydrogen) atoms. The third-order valence-electron chi connectivity index (χ3n) is 3.15. The summed E-state index contributed by atoms with van der Waals surface area (Å²) in [6, 6.07) is 0. The second kappa shape index (κ2) is 4.36. The van der Waals surface area contributed by atoms with Crippen LogP contribution in [-0.2, 0) is 4.74 Å². The molecule has 2 aliphatic rings. The standard InChI is InChI=1S/C11H17N3O4/c1-6-13-8(12)3-4-14(6)10-11(2,17)9(16)7(5-15)18-10/h3-4,7,9-10,15-17H,1,5H2,2H3,(H2,12,13)/t7?,9-,10?,11?/m1/s1. The van der Waals surface area contributed by atoms with Gasteiger partial charge in [-0.25, -0.2) is 4.99 Å². The van der Waals surface area contributed by atoms with Crippen LogP contribution in [0.15, 0.2) is 29.7 Å². The molecule has 3 unspecified atom stereocenters. The molecule has 1 fully saturated rings. The minimum Gasteiger partial charge on any atom is -0.394 e. The molecule has 1 saturated heterocycles. The van der Waals surface area contributed by atoms with Gasteiger partial charge in [0.05, 0.1) is 6.61 Å². The molecule has 100 valence electrons. The van der Waals surface area contributed by atoms with E-state index in [4.69, 9.17) is 15.6 Å². The molecule has 0 bridgehead atoms. The summed E-state index contributed by atoms with van der Waals surface area (Å²) < 4.78 is 5.44. The number of nitrogens with zero attached hydrogens (tertiary/aromatic N) is 2. The van der Waals surface area contributed by atoms with Crippen molar-refractivity contribution in [2.45, 2.75) is 31.0 Å². The van der Waals surface area contributed by atoms with Crippen LogP contribution in [0, 0.1) is 0 Å². The molecule has 2 rings (SSSR count). The third-order valence-corrected chi connectivity index (χ3v) is 3.15. The molecule has 0 aliphatic carbocycles. The number of ether oxygens (including phenoxy) is 1. The van der Waals surface area contributed by atoms with Gasteiger partial charge in [0, 0.05) is 6.20 Å². The number of hydrogen-bond acceptors (Lipinski definition) is 7. The zero-order valence-corrected chi connectivity index (χ0v) is 10.0. The average Bonchev–Trinajstić information content (AvgIpc) is 2.52. The summed E-state index contributed by atoms with van der Waals surface area (Å²) in [7, 11) is 0. The summed E-state index contributed by atoms with van der Waals surface area (Å²) in [5.74, 6) is 0.596. The lowest BCUT2D eigenvalue weighted by molar-refractivity contribution is -0.110. The fourth-order valence-corrected chi connectivity index (χ4v) is 2.09. The number of amidine groups is 1. The van der Waals surface area contributed by atoms with E-state index in [0.29, 0.717) is 11.7 Å². The van der Waals surface area contributed by atoms with Gasteiger partial charge in [-0.2, -0.15) is 0 Å². The van der Waals surface area contributed by atoms with E-state index in [1.165, 1.54) is 17.9 Å². The largest absolute Gasteiger partial charge is 0.394 e. The van der Waals surface area contributed by atoms with Gasteiger partial charge in [-0.1, -0.05) is 6.58 Å². The molecule has 0 radical (unpaired) electrons. The van der Waals surface area contributed by atoms with Crippen molar-refractivity contribution in [2.75, 3.05) is 6.61 Å². The lowest BCUT2D eigenvalue weighted by atomic mass is 9.96. The molecule has 0 aromatic carbocycles. The van der Waals surface area contributed by atoms with E-state index < -0.39 is 24.0 Å². The van der Waals surface area contributed by atoms with Crippen molar-refractivity contribution in [3.8, 4) is 0 Å². The van der Waals surface area contributed by atoms with Gasteiger partial charge < -0.3 is 30.7 Å². The van der Waals surface area contributed by atoms with E-state index in [0.717, 1.165) is 0 Å². The molecule has 0 saturated carbocycles. The minimum absolute atomic E-state index is 0.297. The van der Waals surface area contributed by atoms with Crippen molar-refractivity contribution in [3.05, 3.63) is 24.7 Å². The van der Waals surface area contributed by atoms with Crippen molar-refractivity contribution in [3.63, 3.8) is 0 Å². The lowest BCUT2D eigenvalue weighted by Crippen LogP contribution is -2.51. The monoisotopic (exact) mass is 255 g/mol. The topological polar surface area (TPSA) is 112 Å². The Kier molecular flexibility index (Phi) is 3.16. The highest BCUT2D eigenvalue weighted by molar-refractivity contribution is 5.92. The Bertz CT molecular complexity index is 419. The van der Waals surface area contributed by atoms with Crippen molar-refractivity contribution >= 4 is 5.84 Å². The van der Waals surface area contributed by atoms with Crippen LogP contribution >= 0.6 is 0 Å². The maximum absolute atomic E-state index is 10.3. The molecule has 2 heterocycles. The quantitative estimate of drug-likeness (QED) is 0.476. The lowest BCUT2D eigenvalue weighted by Gasteiger charge is -2.35. The first kappa shape index (κ1) is 13.0. The van der Waals surface area contributed by atoms with Crippen LogP contribution in [0.4, 0.5) is 0 Å². The molecular formula is C11H17N3O4. The Morgan fingerprint density at radius 3 is 2.83 bits per heavy atom. The van der Waals surface area contributed by atoms with Crippen LogP contribution in [0.2, 0.25) is 0 Å². The number of aliphatic hydroxyl groups excluding tert-OH is 2. The molecule has 0 aromatic rings. The molecule has 7 nitrogen and oxygen atoms in total. The highest BCUT2D eigenvalue weighted by Crippen LogP contribution is 2.35. The smallest absolute Gasteiger partial charge is 0.167 e. The molecule has 5 N–H and O–H groups in total.